The fourth-order valence-corrected chi connectivity index (χ4v) is 2.71. The van der Waals surface area contributed by atoms with E-state index in [0.717, 1.165) is 0 Å². The van der Waals surface area contributed by atoms with Gasteiger partial charge in [-0.1, -0.05) is 5.92 Å². The van der Waals surface area contributed by atoms with Gasteiger partial charge < -0.3 is 61.9 Å². The Labute approximate surface area is 250 Å². The molecule has 0 atom stereocenters. The molecule has 0 amide bonds. The summed E-state index contributed by atoms with van der Waals surface area (Å²) >= 11 is 0. The molecule has 1 N–H and O–H groups in total. The molecule has 42 heavy (non-hydrogen) atoms. The highest BCUT2D eigenvalue weighted by atomic mass is 16.6. The van der Waals surface area contributed by atoms with E-state index >= 15 is 0 Å². The Hall–Kier alpha value is -1.45. The standard InChI is InChI=1S/C28H52O14/c1-2-4-31-6-8-33-10-12-35-14-16-37-18-20-39-22-24-41-26-27-42-25-23-40-21-19-38-17-15-36-13-11-34-9-7-32-5-3-28(29)30/h1H,3-27H2,(H,29,30). The normalized spacial score (nSPS) is 11.2. The SMILES string of the molecule is C#CCOCCOCCOCCOCCOCCOCCOCCOCCOCCOCCOCCOCCC(=O)O. The largest absolute Gasteiger partial charge is 0.481 e. The van der Waals surface area contributed by atoms with Crippen molar-refractivity contribution in [2.75, 3.05) is 159 Å². The maximum Gasteiger partial charge on any atom is 0.305 e. The van der Waals surface area contributed by atoms with Gasteiger partial charge in [-0.2, -0.15) is 0 Å². The van der Waals surface area contributed by atoms with Crippen LogP contribution in [0.15, 0.2) is 0 Å². The predicted molar refractivity (Wildman–Crippen MR) is 151 cm³/mol. The van der Waals surface area contributed by atoms with Crippen LogP contribution in [0.1, 0.15) is 6.42 Å². The first-order valence-electron chi connectivity index (χ1n) is 14.4. The lowest BCUT2D eigenvalue weighted by Gasteiger charge is -2.09. The van der Waals surface area contributed by atoms with Gasteiger partial charge in [0.1, 0.15) is 6.61 Å². The van der Waals surface area contributed by atoms with Crippen LogP contribution in [0.25, 0.3) is 0 Å². The monoisotopic (exact) mass is 612 g/mol. The van der Waals surface area contributed by atoms with Gasteiger partial charge in [-0.3, -0.25) is 4.79 Å². The molecule has 0 aliphatic heterocycles. The second kappa shape index (κ2) is 37.6. The van der Waals surface area contributed by atoms with Crippen molar-refractivity contribution in [1.29, 1.82) is 0 Å². The van der Waals surface area contributed by atoms with Gasteiger partial charge in [-0.05, 0) is 0 Å². The van der Waals surface area contributed by atoms with Crippen molar-refractivity contribution in [1.82, 2.24) is 0 Å². The molecule has 0 saturated carbocycles. The first-order chi connectivity index (χ1) is 20.8. The number of carboxylic acid groups (broad SMARTS) is 1. The lowest BCUT2D eigenvalue weighted by atomic mass is 10.5. The van der Waals surface area contributed by atoms with Gasteiger partial charge in [0.2, 0.25) is 0 Å². The van der Waals surface area contributed by atoms with Gasteiger partial charge in [-0.25, -0.2) is 0 Å². The minimum Gasteiger partial charge on any atom is -0.481 e. The third-order valence-corrected chi connectivity index (χ3v) is 4.74. The molecule has 0 aliphatic rings. The van der Waals surface area contributed by atoms with Gasteiger partial charge in [0.05, 0.1) is 158 Å². The van der Waals surface area contributed by atoms with Gasteiger partial charge in [-0.15, -0.1) is 6.42 Å². The highest BCUT2D eigenvalue weighted by molar-refractivity contribution is 5.66. The van der Waals surface area contributed by atoms with Crippen LogP contribution in [0.5, 0.6) is 0 Å². The minimum atomic E-state index is -0.875. The Morgan fingerprint density at radius 2 is 0.571 bits per heavy atom. The Bertz CT molecular complexity index is 575. The van der Waals surface area contributed by atoms with Crippen molar-refractivity contribution in [3.63, 3.8) is 0 Å². The smallest absolute Gasteiger partial charge is 0.305 e. The van der Waals surface area contributed by atoms with Crippen molar-refractivity contribution in [2.45, 2.75) is 6.42 Å². The Balaban J connectivity index is 3.04. The van der Waals surface area contributed by atoms with Gasteiger partial charge >= 0.3 is 5.97 Å². The molecule has 14 nitrogen and oxygen atoms in total. The number of carbonyl (C=O) groups is 1. The molecule has 0 radical (unpaired) electrons. The first-order valence-corrected chi connectivity index (χ1v) is 14.4. The van der Waals surface area contributed by atoms with Gasteiger partial charge in [0.25, 0.3) is 0 Å². The Kier molecular flexibility index (Phi) is 36.3. The first kappa shape index (κ1) is 40.5. The molecule has 0 aromatic rings. The number of hydrogen-bond donors (Lipinski definition) is 1. The molecule has 0 saturated heterocycles. The van der Waals surface area contributed by atoms with Crippen molar-refractivity contribution in [2.24, 2.45) is 0 Å². The Morgan fingerprint density at radius 3 is 0.762 bits per heavy atom. The summed E-state index contributed by atoms with van der Waals surface area (Å²) in [6, 6.07) is 0. The van der Waals surface area contributed by atoms with Crippen molar-refractivity contribution in [3.05, 3.63) is 0 Å². The molecule has 248 valence electrons. The third-order valence-electron chi connectivity index (χ3n) is 4.74. The van der Waals surface area contributed by atoms with E-state index in [1.54, 1.807) is 0 Å². The zero-order valence-electron chi connectivity index (χ0n) is 25.0. The molecule has 0 aromatic heterocycles. The molecule has 0 heterocycles. The van der Waals surface area contributed by atoms with Crippen molar-refractivity contribution >= 4 is 5.97 Å². The van der Waals surface area contributed by atoms with E-state index in [1.165, 1.54) is 0 Å². The second-order valence-corrected chi connectivity index (χ2v) is 8.14. The number of rotatable bonds is 37. The van der Waals surface area contributed by atoms with E-state index in [2.05, 4.69) is 5.92 Å². The summed E-state index contributed by atoms with van der Waals surface area (Å²) in [4.78, 5) is 10.3. The molecule has 0 aliphatic carbocycles. The molecule has 14 heteroatoms. The molecular weight excluding hydrogens is 560 g/mol. The zero-order chi connectivity index (χ0) is 30.4. The second-order valence-electron chi connectivity index (χ2n) is 8.14. The van der Waals surface area contributed by atoms with E-state index in [4.69, 9.17) is 68.4 Å². The number of terminal acetylenes is 1. The highest BCUT2D eigenvalue weighted by Crippen LogP contribution is 1.88. The Morgan fingerprint density at radius 1 is 0.381 bits per heavy atom. The molecule has 0 bridgehead atoms. The van der Waals surface area contributed by atoms with E-state index < -0.39 is 5.97 Å². The minimum absolute atomic E-state index is 0.00289. The summed E-state index contributed by atoms with van der Waals surface area (Å²) in [5.74, 6) is 1.52. The van der Waals surface area contributed by atoms with Gasteiger partial charge in [0, 0.05) is 0 Å². The molecule has 0 fully saturated rings. The molecule has 0 aromatic carbocycles. The van der Waals surface area contributed by atoms with Crippen LogP contribution in [0, 0.1) is 12.3 Å². The lowest BCUT2D eigenvalue weighted by Crippen LogP contribution is -2.15. The fraction of sp³-hybridized carbons (Fsp3) is 0.893. The lowest BCUT2D eigenvalue weighted by molar-refractivity contribution is -0.138. The van der Waals surface area contributed by atoms with Crippen molar-refractivity contribution in [3.8, 4) is 12.3 Å². The third kappa shape index (κ3) is 38.5. The van der Waals surface area contributed by atoms with Crippen LogP contribution in [-0.4, -0.2) is 170 Å². The molecular formula is C28H52O14. The van der Waals surface area contributed by atoms with E-state index in [0.29, 0.717) is 152 Å². The number of hydrogen-bond acceptors (Lipinski definition) is 13. The van der Waals surface area contributed by atoms with Crippen LogP contribution in [0.2, 0.25) is 0 Å². The molecule has 0 rings (SSSR count). The van der Waals surface area contributed by atoms with Crippen molar-refractivity contribution < 1.29 is 66.7 Å². The summed E-state index contributed by atoms with van der Waals surface area (Å²) in [5.41, 5.74) is 0. The molecule has 0 unspecified atom stereocenters. The van der Waals surface area contributed by atoms with Gasteiger partial charge in [0.15, 0.2) is 0 Å². The van der Waals surface area contributed by atoms with E-state index in [-0.39, 0.29) is 13.0 Å². The summed E-state index contributed by atoms with van der Waals surface area (Å²) < 4.78 is 64.2. The van der Waals surface area contributed by atoms with Crippen LogP contribution >= 0.6 is 0 Å². The topological polar surface area (TPSA) is 148 Å². The summed E-state index contributed by atoms with van der Waals surface area (Å²) in [6.07, 6.45) is 5.07. The average molecular weight is 613 g/mol. The highest BCUT2D eigenvalue weighted by Gasteiger charge is 1.98. The maximum atomic E-state index is 10.3. The molecule has 0 spiro atoms. The quantitative estimate of drug-likeness (QED) is 0.0757. The van der Waals surface area contributed by atoms with E-state index in [9.17, 15) is 4.79 Å². The van der Waals surface area contributed by atoms with Crippen LogP contribution in [-0.2, 0) is 61.6 Å². The number of aliphatic carboxylic acids is 1. The summed E-state index contributed by atoms with van der Waals surface area (Å²) in [5, 5.41) is 8.47. The summed E-state index contributed by atoms with van der Waals surface area (Å²) in [7, 11) is 0. The van der Waals surface area contributed by atoms with Crippen LogP contribution in [0.4, 0.5) is 0 Å². The predicted octanol–water partition coefficient (Wildman–Crippen LogP) is 0.294. The van der Waals surface area contributed by atoms with E-state index in [1.807, 2.05) is 0 Å². The van der Waals surface area contributed by atoms with Crippen LogP contribution < -0.4 is 0 Å². The fourth-order valence-electron chi connectivity index (χ4n) is 2.71. The number of carboxylic acids is 1. The summed E-state index contributed by atoms with van der Waals surface area (Å²) in [6.45, 7) is 11.1. The van der Waals surface area contributed by atoms with Crippen LogP contribution in [0.3, 0.4) is 0 Å². The average Bonchev–Trinajstić information content (AvgIpc) is 2.98. The number of ether oxygens (including phenoxy) is 12. The zero-order valence-corrected chi connectivity index (χ0v) is 25.0. The maximum absolute atomic E-state index is 10.3.